The lowest BCUT2D eigenvalue weighted by molar-refractivity contribution is 0.448. The van der Waals surface area contributed by atoms with Crippen molar-refractivity contribution in [2.24, 2.45) is 7.05 Å². The highest BCUT2D eigenvalue weighted by Crippen LogP contribution is 2.16. The molecule has 0 bridgehead atoms. The summed E-state index contributed by atoms with van der Waals surface area (Å²) in [6, 6.07) is 1.82. The Balaban J connectivity index is 2.87. The van der Waals surface area contributed by atoms with Gasteiger partial charge >= 0.3 is 0 Å². The van der Waals surface area contributed by atoms with Crippen LogP contribution in [0.1, 0.15) is 5.69 Å². The Morgan fingerprint density at radius 1 is 1.42 bits per heavy atom. The lowest BCUT2D eigenvalue weighted by Gasteiger charge is -1.98. The molecule has 12 heavy (non-hydrogen) atoms. The monoisotopic (exact) mass is 163 g/mol. The molecule has 2 aromatic rings. The van der Waals surface area contributed by atoms with Crippen molar-refractivity contribution in [1.29, 1.82) is 0 Å². The fourth-order valence-corrected chi connectivity index (χ4v) is 1.14. The summed E-state index contributed by atoms with van der Waals surface area (Å²) < 4.78 is 1.87. The van der Waals surface area contributed by atoms with Crippen LogP contribution in [0.3, 0.4) is 0 Å². The largest absolute Gasteiger partial charge is 0.492 e. The van der Waals surface area contributed by atoms with E-state index in [-0.39, 0.29) is 5.88 Å². The average Bonchev–Trinajstić information content (AvgIpc) is 2.35. The van der Waals surface area contributed by atoms with Crippen LogP contribution in [0.25, 0.3) is 11.2 Å². The van der Waals surface area contributed by atoms with Gasteiger partial charge in [-0.3, -0.25) is 0 Å². The number of nitrogens with zero attached hydrogens (tertiary/aromatic N) is 3. The predicted molar refractivity (Wildman–Crippen MR) is 44.9 cm³/mol. The number of aryl methyl sites for hydroxylation is 2. The maximum absolute atomic E-state index is 9.24. The molecule has 0 saturated heterocycles. The molecule has 0 spiro atoms. The Morgan fingerprint density at radius 3 is 2.92 bits per heavy atom. The van der Waals surface area contributed by atoms with Gasteiger partial charge in [0, 0.05) is 13.2 Å². The highest BCUT2D eigenvalue weighted by Gasteiger charge is 2.04. The smallest absolute Gasteiger partial charge is 0.233 e. The van der Waals surface area contributed by atoms with Gasteiger partial charge in [0.2, 0.25) is 5.88 Å². The second kappa shape index (κ2) is 2.20. The molecule has 4 heteroatoms. The fourth-order valence-electron chi connectivity index (χ4n) is 1.14. The van der Waals surface area contributed by atoms with Crippen LogP contribution < -0.4 is 0 Å². The molecule has 1 N–H and O–H groups in total. The van der Waals surface area contributed by atoms with Crippen LogP contribution in [0.2, 0.25) is 0 Å². The van der Waals surface area contributed by atoms with Crippen LogP contribution in [-0.4, -0.2) is 19.6 Å². The summed E-state index contributed by atoms with van der Waals surface area (Å²) in [6.45, 7) is 1.73. The molecule has 2 aromatic heterocycles. The number of fused-ring (bicyclic) bond motifs is 1. The molecule has 2 rings (SSSR count). The molecular formula is C8H9N3O. The third kappa shape index (κ3) is 0.845. The minimum absolute atomic E-state index is 0.00806. The van der Waals surface area contributed by atoms with Gasteiger partial charge in [-0.15, -0.1) is 0 Å². The van der Waals surface area contributed by atoms with Gasteiger partial charge in [-0.05, 0) is 13.0 Å². The minimum Gasteiger partial charge on any atom is -0.492 e. The summed E-state index contributed by atoms with van der Waals surface area (Å²) in [4.78, 5) is 8.15. The molecular weight excluding hydrogens is 154 g/mol. The van der Waals surface area contributed by atoms with Gasteiger partial charge in [0.1, 0.15) is 11.2 Å². The quantitative estimate of drug-likeness (QED) is 0.629. The van der Waals surface area contributed by atoms with Gasteiger partial charge in [-0.2, -0.15) is 0 Å². The lowest BCUT2D eigenvalue weighted by atomic mass is 10.4. The molecule has 0 aliphatic heterocycles. The molecule has 0 atom stereocenters. The molecule has 62 valence electrons. The van der Waals surface area contributed by atoms with Crippen LogP contribution >= 0.6 is 0 Å². The van der Waals surface area contributed by atoms with Crippen molar-refractivity contribution < 1.29 is 5.11 Å². The Morgan fingerprint density at radius 2 is 2.17 bits per heavy atom. The van der Waals surface area contributed by atoms with Crippen LogP contribution in [-0.2, 0) is 7.05 Å². The Labute approximate surface area is 69.5 Å². The summed E-state index contributed by atoms with van der Waals surface area (Å²) >= 11 is 0. The van der Waals surface area contributed by atoms with Gasteiger partial charge in [0.25, 0.3) is 0 Å². The summed E-state index contributed by atoms with van der Waals surface area (Å²) in [5.74, 6) is 0.00806. The highest BCUT2D eigenvalue weighted by molar-refractivity contribution is 5.71. The van der Waals surface area contributed by atoms with Crippen molar-refractivity contribution in [2.75, 3.05) is 0 Å². The third-order valence-corrected chi connectivity index (χ3v) is 1.84. The standard InChI is InChI=1S/C8H9N3O/c1-5-8(12)10-6-3-4-11(2)7(6)9-5/h3-4H,1-2H3,(H,10,12). The van der Waals surface area contributed by atoms with Crippen molar-refractivity contribution >= 4 is 11.2 Å². The van der Waals surface area contributed by atoms with Crippen molar-refractivity contribution in [3.05, 3.63) is 18.0 Å². The maximum Gasteiger partial charge on any atom is 0.233 e. The van der Waals surface area contributed by atoms with Gasteiger partial charge in [-0.25, -0.2) is 9.97 Å². The highest BCUT2D eigenvalue weighted by atomic mass is 16.3. The molecule has 2 heterocycles. The van der Waals surface area contributed by atoms with E-state index in [1.54, 1.807) is 6.92 Å². The third-order valence-electron chi connectivity index (χ3n) is 1.84. The molecule has 0 aromatic carbocycles. The van der Waals surface area contributed by atoms with E-state index in [0.29, 0.717) is 5.69 Å². The number of hydrogen-bond acceptors (Lipinski definition) is 3. The SMILES string of the molecule is Cc1nc2c(ccn2C)nc1O. The normalized spacial score (nSPS) is 10.8. The average molecular weight is 163 g/mol. The maximum atomic E-state index is 9.24. The van der Waals surface area contributed by atoms with Gasteiger partial charge in [0.05, 0.1) is 0 Å². The first-order valence-corrected chi connectivity index (χ1v) is 3.67. The number of aromatic nitrogens is 3. The zero-order valence-corrected chi connectivity index (χ0v) is 6.94. The number of rotatable bonds is 0. The summed E-state index contributed by atoms with van der Waals surface area (Å²) in [5, 5.41) is 9.24. The first-order chi connectivity index (χ1) is 5.68. The molecule has 0 amide bonds. The van der Waals surface area contributed by atoms with Crippen LogP contribution in [0.4, 0.5) is 0 Å². The van der Waals surface area contributed by atoms with E-state index in [1.807, 2.05) is 23.9 Å². The Bertz CT molecular complexity index is 433. The molecule has 0 aliphatic rings. The predicted octanol–water partition coefficient (Wildman–Crippen LogP) is 0.982. The molecule has 0 fully saturated rings. The van der Waals surface area contributed by atoms with Crippen molar-refractivity contribution in [3.63, 3.8) is 0 Å². The minimum atomic E-state index is 0.00806. The Kier molecular flexibility index (Phi) is 1.30. The van der Waals surface area contributed by atoms with E-state index in [2.05, 4.69) is 9.97 Å². The fraction of sp³-hybridized carbons (Fsp3) is 0.250. The Hall–Kier alpha value is -1.58. The first-order valence-electron chi connectivity index (χ1n) is 3.67. The van der Waals surface area contributed by atoms with E-state index < -0.39 is 0 Å². The molecule has 4 nitrogen and oxygen atoms in total. The first kappa shape index (κ1) is 7.09. The summed E-state index contributed by atoms with van der Waals surface area (Å²) in [5.41, 5.74) is 2.08. The summed E-state index contributed by atoms with van der Waals surface area (Å²) in [6.07, 6.45) is 1.86. The van der Waals surface area contributed by atoms with Gasteiger partial charge in [-0.1, -0.05) is 0 Å². The van der Waals surface area contributed by atoms with Crippen molar-refractivity contribution in [1.82, 2.24) is 14.5 Å². The van der Waals surface area contributed by atoms with E-state index in [1.165, 1.54) is 0 Å². The zero-order chi connectivity index (χ0) is 8.72. The van der Waals surface area contributed by atoms with Crippen molar-refractivity contribution in [2.45, 2.75) is 6.92 Å². The topological polar surface area (TPSA) is 50.9 Å². The second-order valence-electron chi connectivity index (χ2n) is 2.77. The van der Waals surface area contributed by atoms with Crippen LogP contribution in [0.15, 0.2) is 12.3 Å². The van der Waals surface area contributed by atoms with Crippen LogP contribution in [0.5, 0.6) is 5.88 Å². The van der Waals surface area contributed by atoms with E-state index in [0.717, 1.165) is 11.2 Å². The lowest BCUT2D eigenvalue weighted by Crippen LogP contribution is -1.92. The summed E-state index contributed by atoms with van der Waals surface area (Å²) in [7, 11) is 1.90. The molecule has 0 saturated carbocycles. The van der Waals surface area contributed by atoms with Gasteiger partial charge in [0.15, 0.2) is 5.65 Å². The van der Waals surface area contributed by atoms with E-state index in [9.17, 15) is 5.11 Å². The number of aromatic hydroxyl groups is 1. The van der Waals surface area contributed by atoms with Gasteiger partial charge < -0.3 is 9.67 Å². The van der Waals surface area contributed by atoms with Crippen LogP contribution in [0, 0.1) is 6.92 Å². The zero-order valence-electron chi connectivity index (χ0n) is 6.94. The second-order valence-corrected chi connectivity index (χ2v) is 2.77. The van der Waals surface area contributed by atoms with E-state index in [4.69, 9.17) is 0 Å². The number of hydrogen-bond donors (Lipinski definition) is 1. The molecule has 0 aliphatic carbocycles. The molecule has 0 radical (unpaired) electrons. The van der Waals surface area contributed by atoms with E-state index >= 15 is 0 Å². The van der Waals surface area contributed by atoms with Crippen molar-refractivity contribution in [3.8, 4) is 5.88 Å². The molecule has 0 unspecified atom stereocenters.